The second-order valence-corrected chi connectivity index (χ2v) is 6.48. The average molecular weight is 375 g/mol. The quantitative estimate of drug-likeness (QED) is 0.763. The largest absolute Gasteiger partial charge is 0.484 e. The van der Waals surface area contributed by atoms with Crippen molar-refractivity contribution in [3.05, 3.63) is 58.6 Å². The number of halogens is 1. The van der Waals surface area contributed by atoms with Crippen LogP contribution in [0.3, 0.4) is 0 Å². The smallest absolute Gasteiger partial charge is 0.262 e. The Balaban J connectivity index is 2.00. The maximum atomic E-state index is 12.4. The number of para-hydroxylation sites is 1. The zero-order chi connectivity index (χ0) is 19.1. The van der Waals surface area contributed by atoms with Crippen molar-refractivity contribution < 1.29 is 14.3 Å². The van der Waals surface area contributed by atoms with Gasteiger partial charge in [0.1, 0.15) is 5.75 Å². The second kappa shape index (κ2) is 9.25. The first-order chi connectivity index (χ1) is 12.4. The summed E-state index contributed by atoms with van der Waals surface area (Å²) in [6.07, 6.45) is 0.828. The molecule has 2 aromatic rings. The van der Waals surface area contributed by atoms with Crippen molar-refractivity contribution >= 4 is 29.1 Å². The second-order valence-electron chi connectivity index (χ2n) is 6.08. The van der Waals surface area contributed by atoms with Crippen molar-refractivity contribution in [3.63, 3.8) is 0 Å². The van der Waals surface area contributed by atoms with E-state index in [1.807, 2.05) is 20.8 Å². The molecule has 0 aliphatic rings. The molecule has 0 heterocycles. The zero-order valence-electron chi connectivity index (χ0n) is 15.1. The van der Waals surface area contributed by atoms with Gasteiger partial charge in [0.25, 0.3) is 11.8 Å². The molecule has 1 atom stereocenters. The van der Waals surface area contributed by atoms with Gasteiger partial charge in [-0.25, -0.2) is 0 Å². The summed E-state index contributed by atoms with van der Waals surface area (Å²) in [7, 11) is 0. The molecule has 0 aliphatic carbocycles. The van der Waals surface area contributed by atoms with Crippen LogP contribution in [0.2, 0.25) is 5.02 Å². The number of hydrogen-bond acceptors (Lipinski definition) is 3. The maximum Gasteiger partial charge on any atom is 0.262 e. The molecule has 2 rings (SSSR count). The number of nitrogens with one attached hydrogen (secondary N) is 2. The van der Waals surface area contributed by atoms with Crippen LogP contribution in [-0.2, 0) is 4.79 Å². The number of rotatable bonds is 7. The van der Waals surface area contributed by atoms with Crippen molar-refractivity contribution in [3.8, 4) is 5.75 Å². The summed E-state index contributed by atoms with van der Waals surface area (Å²) in [5.41, 5.74) is 1.74. The Kier molecular flexibility index (Phi) is 7.04. The Morgan fingerprint density at radius 2 is 1.92 bits per heavy atom. The SMILES string of the molecule is CC[C@@H](C)NC(=O)c1ccccc1NC(=O)COc1ccc(Cl)c(C)c1. The lowest BCUT2D eigenvalue weighted by molar-refractivity contribution is -0.118. The molecule has 0 saturated heterocycles. The van der Waals surface area contributed by atoms with Gasteiger partial charge in [-0.15, -0.1) is 0 Å². The van der Waals surface area contributed by atoms with Gasteiger partial charge in [0.2, 0.25) is 0 Å². The summed E-state index contributed by atoms with van der Waals surface area (Å²) in [6.45, 7) is 5.62. The lowest BCUT2D eigenvalue weighted by atomic mass is 10.1. The van der Waals surface area contributed by atoms with Crippen molar-refractivity contribution in [2.24, 2.45) is 0 Å². The summed E-state index contributed by atoms with van der Waals surface area (Å²) in [5, 5.41) is 6.26. The molecule has 138 valence electrons. The standard InChI is InChI=1S/C20H23ClN2O3/c1-4-14(3)22-20(25)16-7-5-6-8-18(16)23-19(24)12-26-15-9-10-17(21)13(2)11-15/h5-11,14H,4,12H2,1-3H3,(H,22,25)(H,23,24)/t14-/m1/s1. The molecule has 0 aliphatic heterocycles. The van der Waals surface area contributed by atoms with E-state index in [2.05, 4.69) is 10.6 Å². The molecule has 0 unspecified atom stereocenters. The van der Waals surface area contributed by atoms with Crippen molar-refractivity contribution in [2.75, 3.05) is 11.9 Å². The van der Waals surface area contributed by atoms with E-state index in [1.54, 1.807) is 42.5 Å². The van der Waals surface area contributed by atoms with Crippen LogP contribution in [0.25, 0.3) is 0 Å². The van der Waals surface area contributed by atoms with Crippen LogP contribution in [0.5, 0.6) is 5.75 Å². The fourth-order valence-corrected chi connectivity index (χ4v) is 2.35. The van der Waals surface area contributed by atoms with Gasteiger partial charge < -0.3 is 15.4 Å². The first-order valence-corrected chi connectivity index (χ1v) is 8.87. The molecular weight excluding hydrogens is 352 g/mol. The molecule has 0 aromatic heterocycles. The highest BCUT2D eigenvalue weighted by Crippen LogP contribution is 2.21. The van der Waals surface area contributed by atoms with E-state index in [-0.39, 0.29) is 24.5 Å². The van der Waals surface area contributed by atoms with E-state index in [1.165, 1.54) is 0 Å². The highest BCUT2D eigenvalue weighted by molar-refractivity contribution is 6.31. The number of carbonyl (C=O) groups is 2. The minimum atomic E-state index is -0.346. The Morgan fingerprint density at radius 1 is 1.19 bits per heavy atom. The molecule has 2 amide bonds. The van der Waals surface area contributed by atoms with Gasteiger partial charge in [0.05, 0.1) is 11.3 Å². The topological polar surface area (TPSA) is 67.4 Å². The van der Waals surface area contributed by atoms with Gasteiger partial charge in [-0.05, 0) is 56.2 Å². The van der Waals surface area contributed by atoms with Crippen molar-refractivity contribution in [2.45, 2.75) is 33.2 Å². The van der Waals surface area contributed by atoms with Crippen LogP contribution in [0, 0.1) is 6.92 Å². The number of ether oxygens (including phenoxy) is 1. The Bertz CT molecular complexity index is 792. The number of carbonyl (C=O) groups excluding carboxylic acids is 2. The normalized spacial score (nSPS) is 11.5. The van der Waals surface area contributed by atoms with Crippen LogP contribution >= 0.6 is 11.6 Å². The third-order valence-corrected chi connectivity index (χ3v) is 4.36. The zero-order valence-corrected chi connectivity index (χ0v) is 15.9. The molecule has 0 saturated carbocycles. The highest BCUT2D eigenvalue weighted by Gasteiger charge is 2.14. The summed E-state index contributed by atoms with van der Waals surface area (Å²) in [5.74, 6) is -0.00395. The molecule has 2 N–H and O–H groups in total. The highest BCUT2D eigenvalue weighted by atomic mass is 35.5. The fourth-order valence-electron chi connectivity index (χ4n) is 2.24. The monoisotopic (exact) mass is 374 g/mol. The summed E-state index contributed by atoms with van der Waals surface area (Å²) < 4.78 is 5.49. The van der Waals surface area contributed by atoms with Gasteiger partial charge in [0, 0.05) is 11.1 Å². The van der Waals surface area contributed by atoms with Gasteiger partial charge in [0.15, 0.2) is 6.61 Å². The Hall–Kier alpha value is -2.53. The molecule has 0 radical (unpaired) electrons. The first-order valence-electron chi connectivity index (χ1n) is 8.49. The molecule has 2 aromatic carbocycles. The fraction of sp³-hybridized carbons (Fsp3) is 0.300. The molecule has 0 fully saturated rings. The van der Waals surface area contributed by atoms with E-state index in [0.717, 1.165) is 12.0 Å². The van der Waals surface area contributed by atoms with Crippen LogP contribution in [0.15, 0.2) is 42.5 Å². The van der Waals surface area contributed by atoms with E-state index >= 15 is 0 Å². The Morgan fingerprint density at radius 3 is 2.62 bits per heavy atom. The van der Waals surface area contributed by atoms with Gasteiger partial charge in [-0.3, -0.25) is 9.59 Å². The number of amides is 2. The van der Waals surface area contributed by atoms with E-state index in [4.69, 9.17) is 16.3 Å². The average Bonchev–Trinajstić information content (AvgIpc) is 2.63. The predicted molar refractivity (Wildman–Crippen MR) is 104 cm³/mol. The summed E-state index contributed by atoms with van der Waals surface area (Å²) in [6, 6.07) is 12.1. The van der Waals surface area contributed by atoms with Gasteiger partial charge in [-0.2, -0.15) is 0 Å². The number of anilines is 1. The lowest BCUT2D eigenvalue weighted by Crippen LogP contribution is -2.33. The molecule has 26 heavy (non-hydrogen) atoms. The number of benzene rings is 2. The summed E-state index contributed by atoms with van der Waals surface area (Å²) >= 11 is 5.97. The van der Waals surface area contributed by atoms with E-state index < -0.39 is 0 Å². The van der Waals surface area contributed by atoms with Gasteiger partial charge in [-0.1, -0.05) is 30.7 Å². The number of aryl methyl sites for hydroxylation is 1. The molecule has 0 spiro atoms. The minimum Gasteiger partial charge on any atom is -0.484 e. The number of hydrogen-bond donors (Lipinski definition) is 2. The van der Waals surface area contributed by atoms with E-state index in [0.29, 0.717) is 22.0 Å². The first kappa shape index (κ1) is 19.8. The van der Waals surface area contributed by atoms with Crippen LogP contribution in [0.1, 0.15) is 36.2 Å². The van der Waals surface area contributed by atoms with E-state index in [9.17, 15) is 9.59 Å². The van der Waals surface area contributed by atoms with Crippen LogP contribution < -0.4 is 15.4 Å². The molecule has 0 bridgehead atoms. The van der Waals surface area contributed by atoms with Crippen molar-refractivity contribution in [1.29, 1.82) is 0 Å². The Labute approximate surface area is 158 Å². The molecular formula is C20H23ClN2O3. The molecule has 5 nitrogen and oxygen atoms in total. The third kappa shape index (κ3) is 5.49. The van der Waals surface area contributed by atoms with Crippen LogP contribution in [-0.4, -0.2) is 24.5 Å². The van der Waals surface area contributed by atoms with Crippen LogP contribution in [0.4, 0.5) is 5.69 Å². The van der Waals surface area contributed by atoms with Gasteiger partial charge >= 0.3 is 0 Å². The molecule has 6 heteroatoms. The minimum absolute atomic E-state index is 0.0581. The maximum absolute atomic E-state index is 12.4. The lowest BCUT2D eigenvalue weighted by Gasteiger charge is -2.15. The van der Waals surface area contributed by atoms with Crippen molar-refractivity contribution in [1.82, 2.24) is 5.32 Å². The summed E-state index contributed by atoms with van der Waals surface area (Å²) in [4.78, 5) is 24.6. The third-order valence-electron chi connectivity index (χ3n) is 3.93. The predicted octanol–water partition coefficient (Wildman–Crippen LogP) is 4.19.